The van der Waals surface area contributed by atoms with Gasteiger partial charge in [-0.25, -0.2) is 4.79 Å². The van der Waals surface area contributed by atoms with Crippen LogP contribution in [0.15, 0.2) is 53.4 Å². The van der Waals surface area contributed by atoms with Crippen LogP contribution < -0.4 is 10.1 Å². The summed E-state index contributed by atoms with van der Waals surface area (Å²) < 4.78 is 5.51. The molecule has 138 valence electrons. The van der Waals surface area contributed by atoms with Gasteiger partial charge in [0.1, 0.15) is 5.75 Å². The highest BCUT2D eigenvalue weighted by Gasteiger charge is 2.29. The molecule has 1 saturated heterocycles. The Labute approximate surface area is 159 Å². The monoisotopic (exact) mass is 370 g/mol. The summed E-state index contributed by atoms with van der Waals surface area (Å²) >= 11 is 1.72. The summed E-state index contributed by atoms with van der Waals surface area (Å²) in [7, 11) is 0. The quantitative estimate of drug-likeness (QED) is 0.739. The fourth-order valence-electron chi connectivity index (χ4n) is 3.33. The largest absolute Gasteiger partial charge is 0.494 e. The highest BCUT2D eigenvalue weighted by atomic mass is 32.2. The Kier molecular flexibility index (Phi) is 6.45. The van der Waals surface area contributed by atoms with Crippen molar-refractivity contribution in [1.82, 2.24) is 10.2 Å². The summed E-state index contributed by atoms with van der Waals surface area (Å²) in [5, 5.41) is 3.07. The molecule has 1 aliphatic heterocycles. The number of nitrogens with zero attached hydrogens (tertiary/aromatic N) is 1. The molecule has 2 aromatic carbocycles. The van der Waals surface area contributed by atoms with Gasteiger partial charge in [0, 0.05) is 18.0 Å². The molecule has 4 nitrogen and oxygen atoms in total. The molecule has 1 unspecified atom stereocenters. The zero-order valence-electron chi connectivity index (χ0n) is 15.4. The summed E-state index contributed by atoms with van der Waals surface area (Å²) in [4.78, 5) is 15.9. The van der Waals surface area contributed by atoms with Crippen molar-refractivity contribution < 1.29 is 9.53 Å². The van der Waals surface area contributed by atoms with E-state index in [1.165, 1.54) is 10.5 Å². The average molecular weight is 371 g/mol. The van der Waals surface area contributed by atoms with E-state index in [0.29, 0.717) is 13.2 Å². The van der Waals surface area contributed by atoms with E-state index < -0.39 is 0 Å². The Bertz CT molecular complexity index is 716. The Morgan fingerprint density at radius 2 is 1.92 bits per heavy atom. The third-order valence-electron chi connectivity index (χ3n) is 4.69. The average Bonchev–Trinajstić information content (AvgIpc) is 3.17. The van der Waals surface area contributed by atoms with Crippen LogP contribution in [-0.4, -0.2) is 30.3 Å². The van der Waals surface area contributed by atoms with E-state index in [1.54, 1.807) is 11.8 Å². The zero-order chi connectivity index (χ0) is 18.4. The molecule has 1 aliphatic rings. The molecule has 1 fully saturated rings. The third-order valence-corrected chi connectivity index (χ3v) is 5.44. The van der Waals surface area contributed by atoms with Crippen molar-refractivity contribution in [1.29, 1.82) is 0 Å². The predicted octanol–water partition coefficient (Wildman–Crippen LogP) is 4.85. The first-order chi connectivity index (χ1) is 12.7. The Balaban J connectivity index is 1.60. The number of nitrogens with one attached hydrogen (secondary N) is 1. The van der Waals surface area contributed by atoms with Crippen LogP contribution in [-0.2, 0) is 6.54 Å². The Morgan fingerprint density at radius 3 is 2.58 bits per heavy atom. The number of ether oxygens (including phenoxy) is 1. The fourth-order valence-corrected chi connectivity index (χ4v) is 3.74. The number of urea groups is 1. The molecule has 0 radical (unpaired) electrons. The molecule has 2 aromatic rings. The number of benzene rings is 2. The van der Waals surface area contributed by atoms with E-state index >= 15 is 0 Å². The maximum atomic E-state index is 12.7. The van der Waals surface area contributed by atoms with Crippen molar-refractivity contribution in [3.63, 3.8) is 0 Å². The summed E-state index contributed by atoms with van der Waals surface area (Å²) in [6.07, 6.45) is 4.10. The van der Waals surface area contributed by atoms with Crippen molar-refractivity contribution in [2.45, 2.75) is 37.2 Å². The summed E-state index contributed by atoms with van der Waals surface area (Å²) in [6.45, 7) is 4.00. The van der Waals surface area contributed by atoms with Crippen molar-refractivity contribution in [2.75, 3.05) is 19.4 Å². The number of hydrogen-bond donors (Lipinski definition) is 1. The molecule has 1 heterocycles. The van der Waals surface area contributed by atoms with Gasteiger partial charge in [0.2, 0.25) is 0 Å². The van der Waals surface area contributed by atoms with Gasteiger partial charge in [0.15, 0.2) is 0 Å². The van der Waals surface area contributed by atoms with Crippen LogP contribution in [0.4, 0.5) is 4.79 Å². The molecule has 5 heteroatoms. The smallest absolute Gasteiger partial charge is 0.318 e. The molecule has 1 atom stereocenters. The molecule has 2 amide bonds. The first kappa shape index (κ1) is 18.6. The van der Waals surface area contributed by atoms with Crippen LogP contribution in [0.25, 0.3) is 0 Å². The molecule has 0 bridgehead atoms. The second-order valence-corrected chi connectivity index (χ2v) is 7.24. The van der Waals surface area contributed by atoms with E-state index in [2.05, 4.69) is 48.0 Å². The number of carbonyl (C=O) groups excluding carboxylic acids is 1. The minimum atomic E-state index is 0.00956. The molecule has 0 aliphatic carbocycles. The summed E-state index contributed by atoms with van der Waals surface area (Å²) in [6, 6.07) is 16.6. The van der Waals surface area contributed by atoms with Crippen LogP contribution in [0.5, 0.6) is 5.75 Å². The topological polar surface area (TPSA) is 41.6 Å². The third kappa shape index (κ3) is 4.52. The molecular formula is C21H26N2O2S. The van der Waals surface area contributed by atoms with Gasteiger partial charge in [-0.3, -0.25) is 0 Å². The SMILES string of the molecule is CCOc1ccc(C2CCCN2C(=O)NCc2ccc(SC)cc2)cc1. The van der Waals surface area contributed by atoms with E-state index in [0.717, 1.165) is 30.7 Å². The minimum absolute atomic E-state index is 0.00956. The number of rotatable bonds is 6. The zero-order valence-corrected chi connectivity index (χ0v) is 16.2. The highest BCUT2D eigenvalue weighted by Crippen LogP contribution is 2.32. The van der Waals surface area contributed by atoms with Gasteiger partial charge in [-0.1, -0.05) is 24.3 Å². The minimum Gasteiger partial charge on any atom is -0.494 e. The Morgan fingerprint density at radius 1 is 1.19 bits per heavy atom. The van der Waals surface area contributed by atoms with E-state index in [4.69, 9.17) is 4.74 Å². The van der Waals surface area contributed by atoms with Gasteiger partial charge < -0.3 is 15.0 Å². The standard InChI is InChI=1S/C21H26N2O2S/c1-3-25-18-10-8-17(9-11-18)20-5-4-14-23(20)21(24)22-15-16-6-12-19(26-2)13-7-16/h6-13,20H,3-5,14-15H2,1-2H3,(H,22,24). The lowest BCUT2D eigenvalue weighted by atomic mass is 10.0. The second kappa shape index (κ2) is 8.99. The van der Waals surface area contributed by atoms with E-state index in [-0.39, 0.29) is 12.1 Å². The number of carbonyl (C=O) groups is 1. The van der Waals surface area contributed by atoms with Gasteiger partial charge >= 0.3 is 6.03 Å². The van der Waals surface area contributed by atoms with Crippen LogP contribution in [0.2, 0.25) is 0 Å². The van der Waals surface area contributed by atoms with Crippen LogP contribution in [0, 0.1) is 0 Å². The van der Waals surface area contributed by atoms with Gasteiger partial charge in [-0.2, -0.15) is 0 Å². The Hall–Kier alpha value is -2.14. The summed E-state index contributed by atoms with van der Waals surface area (Å²) in [5.41, 5.74) is 2.29. The molecule has 0 saturated carbocycles. The van der Waals surface area contributed by atoms with Crippen molar-refractivity contribution in [3.05, 3.63) is 59.7 Å². The van der Waals surface area contributed by atoms with Gasteiger partial charge in [-0.05, 0) is 61.4 Å². The van der Waals surface area contributed by atoms with E-state index in [9.17, 15) is 4.79 Å². The molecule has 3 rings (SSSR count). The first-order valence-electron chi connectivity index (χ1n) is 9.11. The van der Waals surface area contributed by atoms with Gasteiger partial charge in [0.05, 0.1) is 12.6 Å². The lowest BCUT2D eigenvalue weighted by Crippen LogP contribution is -2.39. The number of likely N-dealkylation sites (tertiary alicyclic amines) is 1. The maximum Gasteiger partial charge on any atom is 0.318 e. The lowest BCUT2D eigenvalue weighted by Gasteiger charge is -2.25. The predicted molar refractivity (Wildman–Crippen MR) is 107 cm³/mol. The molecule has 1 N–H and O–H groups in total. The highest BCUT2D eigenvalue weighted by molar-refractivity contribution is 7.98. The normalized spacial score (nSPS) is 16.5. The van der Waals surface area contributed by atoms with Crippen LogP contribution in [0.3, 0.4) is 0 Å². The van der Waals surface area contributed by atoms with Crippen LogP contribution in [0.1, 0.15) is 36.9 Å². The second-order valence-electron chi connectivity index (χ2n) is 6.36. The molecule has 26 heavy (non-hydrogen) atoms. The van der Waals surface area contributed by atoms with Gasteiger partial charge in [0.25, 0.3) is 0 Å². The molecule has 0 spiro atoms. The van der Waals surface area contributed by atoms with Gasteiger partial charge in [-0.15, -0.1) is 11.8 Å². The fraction of sp³-hybridized carbons (Fsp3) is 0.381. The van der Waals surface area contributed by atoms with E-state index in [1.807, 2.05) is 24.0 Å². The lowest BCUT2D eigenvalue weighted by molar-refractivity contribution is 0.192. The van der Waals surface area contributed by atoms with Crippen molar-refractivity contribution in [3.8, 4) is 5.75 Å². The number of amides is 2. The summed E-state index contributed by atoms with van der Waals surface area (Å²) in [5.74, 6) is 0.874. The number of thioether (sulfide) groups is 1. The maximum absolute atomic E-state index is 12.7. The van der Waals surface area contributed by atoms with Crippen molar-refractivity contribution >= 4 is 17.8 Å². The first-order valence-corrected chi connectivity index (χ1v) is 10.3. The van der Waals surface area contributed by atoms with Crippen molar-refractivity contribution in [2.24, 2.45) is 0 Å². The molecule has 0 aromatic heterocycles. The number of hydrogen-bond acceptors (Lipinski definition) is 3. The molecular weight excluding hydrogens is 344 g/mol. The van der Waals surface area contributed by atoms with Crippen LogP contribution >= 0.6 is 11.8 Å².